The Bertz CT molecular complexity index is 941. The number of piperidine rings is 1. The van der Waals surface area contributed by atoms with Crippen molar-refractivity contribution in [1.29, 1.82) is 0 Å². The van der Waals surface area contributed by atoms with Crippen LogP contribution < -0.4 is 5.32 Å². The van der Waals surface area contributed by atoms with E-state index in [4.69, 9.17) is 0 Å². The molecule has 4 heteroatoms. The van der Waals surface area contributed by atoms with Gasteiger partial charge in [-0.2, -0.15) is 0 Å². The number of aromatic nitrogens is 1. The van der Waals surface area contributed by atoms with Crippen molar-refractivity contribution in [3.05, 3.63) is 108 Å². The fourth-order valence-corrected chi connectivity index (χ4v) is 4.49. The summed E-state index contributed by atoms with van der Waals surface area (Å²) in [4.78, 5) is 18.8. The fourth-order valence-electron chi connectivity index (χ4n) is 4.49. The molecule has 1 N–H and O–H groups in total. The SMILES string of the molecule is O=C(/C=C/c1cccnc1)NCCC1CCN(C(c2ccccc2)c2ccccc2)CC1. The van der Waals surface area contributed by atoms with Gasteiger partial charge in [0.05, 0.1) is 6.04 Å². The van der Waals surface area contributed by atoms with Gasteiger partial charge in [-0.05, 0) is 67.1 Å². The summed E-state index contributed by atoms with van der Waals surface area (Å²) in [5, 5.41) is 3.03. The molecule has 1 aromatic heterocycles. The molecule has 1 amide bonds. The van der Waals surface area contributed by atoms with Gasteiger partial charge in [-0.15, -0.1) is 0 Å². The number of nitrogens with zero attached hydrogens (tertiary/aromatic N) is 2. The molecule has 0 radical (unpaired) electrons. The second kappa shape index (κ2) is 11.4. The van der Waals surface area contributed by atoms with E-state index in [-0.39, 0.29) is 5.91 Å². The van der Waals surface area contributed by atoms with Crippen molar-refractivity contribution in [3.63, 3.8) is 0 Å². The van der Waals surface area contributed by atoms with Crippen LogP contribution in [0.3, 0.4) is 0 Å². The summed E-state index contributed by atoms with van der Waals surface area (Å²) in [6, 6.07) is 25.7. The Labute approximate surface area is 191 Å². The van der Waals surface area contributed by atoms with E-state index >= 15 is 0 Å². The van der Waals surface area contributed by atoms with E-state index in [1.807, 2.05) is 12.1 Å². The number of carbonyl (C=O) groups excluding carboxylic acids is 1. The highest BCUT2D eigenvalue weighted by atomic mass is 16.1. The third-order valence-corrected chi connectivity index (χ3v) is 6.21. The first-order chi connectivity index (χ1) is 15.8. The molecule has 1 aliphatic heterocycles. The average Bonchev–Trinajstić information content (AvgIpc) is 2.86. The molecule has 4 rings (SSSR count). The van der Waals surface area contributed by atoms with Crippen molar-refractivity contribution >= 4 is 12.0 Å². The highest BCUT2D eigenvalue weighted by Gasteiger charge is 2.27. The van der Waals surface area contributed by atoms with E-state index in [1.54, 1.807) is 24.5 Å². The quantitative estimate of drug-likeness (QED) is 0.511. The molecule has 1 aliphatic rings. The molecule has 0 aliphatic carbocycles. The normalized spacial score (nSPS) is 15.3. The molecule has 1 fully saturated rings. The van der Waals surface area contributed by atoms with Crippen LogP contribution in [0.4, 0.5) is 0 Å². The predicted octanol–water partition coefficient (Wildman–Crippen LogP) is 5.10. The second-order valence-electron chi connectivity index (χ2n) is 8.40. The average molecular weight is 426 g/mol. The fraction of sp³-hybridized carbons (Fsp3) is 0.286. The number of hydrogen-bond acceptors (Lipinski definition) is 3. The molecule has 164 valence electrons. The summed E-state index contributed by atoms with van der Waals surface area (Å²) in [7, 11) is 0. The Morgan fingerprint density at radius 1 is 0.969 bits per heavy atom. The van der Waals surface area contributed by atoms with Crippen molar-refractivity contribution in [1.82, 2.24) is 15.2 Å². The van der Waals surface area contributed by atoms with E-state index < -0.39 is 0 Å². The Morgan fingerprint density at radius 2 is 1.62 bits per heavy atom. The highest BCUT2D eigenvalue weighted by molar-refractivity contribution is 5.91. The molecule has 32 heavy (non-hydrogen) atoms. The standard InChI is InChI=1S/C28H31N3O/c32-27(14-13-24-8-7-18-29-22-24)30-19-15-23-16-20-31(21-17-23)28(25-9-3-1-4-10-25)26-11-5-2-6-12-26/h1-14,18,22-23,28H,15-17,19-21H2,(H,30,32)/b14-13+. The maximum atomic E-state index is 12.1. The van der Waals surface area contributed by atoms with E-state index in [9.17, 15) is 4.79 Å². The zero-order chi connectivity index (χ0) is 22.0. The van der Waals surface area contributed by atoms with Crippen LogP contribution >= 0.6 is 0 Å². The summed E-state index contributed by atoms with van der Waals surface area (Å²) in [6.45, 7) is 2.88. The van der Waals surface area contributed by atoms with Crippen LogP contribution in [0.25, 0.3) is 6.08 Å². The molecule has 0 bridgehead atoms. The van der Waals surface area contributed by atoms with Crippen LogP contribution in [0.2, 0.25) is 0 Å². The largest absolute Gasteiger partial charge is 0.353 e. The van der Waals surface area contributed by atoms with Crippen molar-refractivity contribution in [3.8, 4) is 0 Å². The Morgan fingerprint density at radius 3 is 2.22 bits per heavy atom. The Balaban J connectivity index is 1.27. The first-order valence-electron chi connectivity index (χ1n) is 11.5. The molecule has 3 aromatic rings. The van der Waals surface area contributed by atoms with Crippen molar-refractivity contribution in [2.75, 3.05) is 19.6 Å². The number of carbonyl (C=O) groups is 1. The lowest BCUT2D eigenvalue weighted by Crippen LogP contribution is -2.38. The van der Waals surface area contributed by atoms with Gasteiger partial charge in [0.2, 0.25) is 5.91 Å². The van der Waals surface area contributed by atoms with Crippen molar-refractivity contribution in [2.45, 2.75) is 25.3 Å². The number of amides is 1. The number of benzene rings is 2. The summed E-state index contributed by atoms with van der Waals surface area (Å²) >= 11 is 0. The molecule has 0 spiro atoms. The minimum Gasteiger partial charge on any atom is -0.353 e. The van der Waals surface area contributed by atoms with Crippen LogP contribution in [0.1, 0.15) is 42.0 Å². The monoisotopic (exact) mass is 425 g/mol. The molecule has 0 saturated carbocycles. The predicted molar refractivity (Wildman–Crippen MR) is 130 cm³/mol. The zero-order valence-electron chi connectivity index (χ0n) is 18.4. The summed E-state index contributed by atoms with van der Waals surface area (Å²) in [5.74, 6) is 0.612. The van der Waals surface area contributed by atoms with Gasteiger partial charge < -0.3 is 5.32 Å². The van der Waals surface area contributed by atoms with Crippen LogP contribution in [0.15, 0.2) is 91.3 Å². The van der Waals surface area contributed by atoms with E-state index in [2.05, 4.69) is 75.9 Å². The molecule has 2 heterocycles. The van der Waals surface area contributed by atoms with Gasteiger partial charge in [0.15, 0.2) is 0 Å². The minimum absolute atomic E-state index is 0.0421. The third kappa shape index (κ3) is 6.14. The number of pyridine rings is 1. The van der Waals surface area contributed by atoms with Crippen LogP contribution in [-0.2, 0) is 4.79 Å². The van der Waals surface area contributed by atoms with Gasteiger partial charge in [-0.1, -0.05) is 66.7 Å². The topological polar surface area (TPSA) is 45.2 Å². The Hall–Kier alpha value is -3.24. The highest BCUT2D eigenvalue weighted by Crippen LogP contribution is 2.32. The van der Waals surface area contributed by atoms with Crippen molar-refractivity contribution in [2.24, 2.45) is 5.92 Å². The lowest BCUT2D eigenvalue weighted by atomic mass is 9.89. The molecular weight excluding hydrogens is 394 g/mol. The molecule has 4 nitrogen and oxygen atoms in total. The molecule has 1 saturated heterocycles. The van der Waals surface area contributed by atoms with Crippen LogP contribution in [-0.4, -0.2) is 35.4 Å². The molecular formula is C28H31N3O. The minimum atomic E-state index is -0.0421. The van der Waals surface area contributed by atoms with Crippen LogP contribution in [0, 0.1) is 5.92 Å². The zero-order valence-corrected chi connectivity index (χ0v) is 18.4. The van der Waals surface area contributed by atoms with Gasteiger partial charge >= 0.3 is 0 Å². The maximum Gasteiger partial charge on any atom is 0.244 e. The molecule has 0 unspecified atom stereocenters. The van der Waals surface area contributed by atoms with Gasteiger partial charge in [-0.3, -0.25) is 14.7 Å². The number of hydrogen-bond donors (Lipinski definition) is 1. The number of nitrogens with one attached hydrogen (secondary N) is 1. The van der Waals surface area contributed by atoms with E-state index in [0.717, 1.165) is 44.5 Å². The van der Waals surface area contributed by atoms with Gasteiger partial charge in [0, 0.05) is 25.0 Å². The second-order valence-corrected chi connectivity index (χ2v) is 8.40. The summed E-state index contributed by atoms with van der Waals surface area (Å²) in [5.41, 5.74) is 3.64. The Kier molecular flexibility index (Phi) is 7.83. The first kappa shape index (κ1) is 22.0. The van der Waals surface area contributed by atoms with Gasteiger partial charge in [0.1, 0.15) is 0 Å². The molecule has 0 atom stereocenters. The number of rotatable bonds is 8. The van der Waals surface area contributed by atoms with Gasteiger partial charge in [-0.25, -0.2) is 0 Å². The van der Waals surface area contributed by atoms with Gasteiger partial charge in [0.25, 0.3) is 0 Å². The van der Waals surface area contributed by atoms with E-state index in [1.165, 1.54) is 11.1 Å². The maximum absolute atomic E-state index is 12.1. The smallest absolute Gasteiger partial charge is 0.244 e. The summed E-state index contributed by atoms with van der Waals surface area (Å²) in [6.07, 6.45) is 10.2. The lowest BCUT2D eigenvalue weighted by molar-refractivity contribution is -0.116. The first-order valence-corrected chi connectivity index (χ1v) is 11.5. The lowest BCUT2D eigenvalue weighted by Gasteiger charge is -2.38. The van der Waals surface area contributed by atoms with Crippen molar-refractivity contribution < 1.29 is 4.79 Å². The third-order valence-electron chi connectivity index (χ3n) is 6.21. The number of likely N-dealkylation sites (tertiary alicyclic amines) is 1. The molecule has 2 aromatic carbocycles. The summed E-state index contributed by atoms with van der Waals surface area (Å²) < 4.78 is 0. The van der Waals surface area contributed by atoms with E-state index in [0.29, 0.717) is 12.0 Å². The van der Waals surface area contributed by atoms with Crippen LogP contribution in [0.5, 0.6) is 0 Å².